The number of anilines is 1. The fraction of sp³-hybridized carbons (Fsp3) is 0.455. The molecular weight excluding hydrogens is 276 g/mol. The Balaban J connectivity index is 2.28. The lowest BCUT2D eigenvalue weighted by Crippen LogP contribution is -2.39. The normalized spacial score (nSPS) is 24.3. The summed E-state index contributed by atoms with van der Waals surface area (Å²) < 4.78 is 32.3. The van der Waals surface area contributed by atoms with E-state index in [-0.39, 0.29) is 22.1 Å². The van der Waals surface area contributed by atoms with Gasteiger partial charge in [-0.25, -0.2) is 13.1 Å². The summed E-state index contributed by atoms with van der Waals surface area (Å²) in [5, 5.41) is 0.156. The quantitative estimate of drug-likeness (QED) is 0.824. The van der Waals surface area contributed by atoms with Gasteiger partial charge in [0.25, 0.3) is 0 Å². The molecule has 1 heterocycles. The summed E-state index contributed by atoms with van der Waals surface area (Å²) in [4.78, 5) is 0.00302. The molecule has 1 aliphatic rings. The topological polar surface area (TPSA) is 81.4 Å². The van der Waals surface area contributed by atoms with E-state index in [0.29, 0.717) is 18.7 Å². The number of halogens is 1. The molecule has 7 heteroatoms. The van der Waals surface area contributed by atoms with Gasteiger partial charge in [0.15, 0.2) is 0 Å². The van der Waals surface area contributed by atoms with Crippen molar-refractivity contribution in [2.45, 2.75) is 30.4 Å². The van der Waals surface area contributed by atoms with E-state index < -0.39 is 10.0 Å². The minimum atomic E-state index is -3.67. The van der Waals surface area contributed by atoms with Gasteiger partial charge in [0.1, 0.15) is 4.90 Å². The third-order valence-electron chi connectivity index (χ3n) is 2.93. The Morgan fingerprint density at radius 3 is 2.83 bits per heavy atom. The van der Waals surface area contributed by atoms with Crippen molar-refractivity contribution in [1.29, 1.82) is 0 Å². The van der Waals surface area contributed by atoms with E-state index in [4.69, 9.17) is 22.1 Å². The largest absolute Gasteiger partial charge is 0.399 e. The lowest BCUT2D eigenvalue weighted by atomic mass is 10.2. The van der Waals surface area contributed by atoms with E-state index in [9.17, 15) is 8.42 Å². The molecule has 5 nitrogen and oxygen atoms in total. The highest BCUT2D eigenvalue weighted by Gasteiger charge is 2.30. The first kappa shape index (κ1) is 13.6. The molecule has 2 rings (SSSR count). The molecule has 100 valence electrons. The third kappa shape index (κ3) is 2.77. The van der Waals surface area contributed by atoms with Crippen molar-refractivity contribution in [3.05, 3.63) is 23.2 Å². The second-order valence-corrected chi connectivity index (χ2v) is 6.37. The lowest BCUT2D eigenvalue weighted by molar-refractivity contribution is 0.117. The maximum Gasteiger partial charge on any atom is 0.242 e. The van der Waals surface area contributed by atoms with Crippen LogP contribution in [-0.2, 0) is 14.8 Å². The van der Waals surface area contributed by atoms with Crippen molar-refractivity contribution < 1.29 is 13.2 Å². The second-order valence-electron chi connectivity index (χ2n) is 4.28. The monoisotopic (exact) mass is 290 g/mol. The van der Waals surface area contributed by atoms with Crippen LogP contribution in [-0.4, -0.2) is 27.2 Å². The Labute approximate surface area is 111 Å². The Hall–Kier alpha value is -0.820. The summed E-state index contributed by atoms with van der Waals surface area (Å²) in [6, 6.07) is 4.15. The van der Waals surface area contributed by atoms with Crippen LogP contribution in [0.15, 0.2) is 23.1 Å². The first-order valence-electron chi connectivity index (χ1n) is 5.59. The molecule has 1 aliphatic heterocycles. The van der Waals surface area contributed by atoms with E-state index in [1.807, 2.05) is 6.92 Å². The number of nitrogens with two attached hydrogens (primary N) is 1. The molecule has 1 aromatic carbocycles. The summed E-state index contributed by atoms with van der Waals surface area (Å²) in [5.41, 5.74) is 5.94. The average molecular weight is 291 g/mol. The first-order chi connectivity index (χ1) is 8.40. The van der Waals surface area contributed by atoms with Gasteiger partial charge in [-0.3, -0.25) is 0 Å². The minimum absolute atomic E-state index is 0.00302. The van der Waals surface area contributed by atoms with Crippen molar-refractivity contribution in [2.24, 2.45) is 0 Å². The molecule has 0 radical (unpaired) electrons. The van der Waals surface area contributed by atoms with Gasteiger partial charge in [0.05, 0.1) is 17.2 Å². The van der Waals surface area contributed by atoms with Crippen LogP contribution < -0.4 is 10.5 Å². The fourth-order valence-electron chi connectivity index (χ4n) is 1.88. The second kappa shape index (κ2) is 5.05. The molecule has 18 heavy (non-hydrogen) atoms. The Kier molecular flexibility index (Phi) is 3.82. The van der Waals surface area contributed by atoms with E-state index in [1.54, 1.807) is 6.07 Å². The number of benzene rings is 1. The number of ether oxygens (including phenoxy) is 1. The van der Waals surface area contributed by atoms with E-state index in [0.717, 1.165) is 0 Å². The molecule has 2 unspecified atom stereocenters. The summed E-state index contributed by atoms with van der Waals surface area (Å²) in [7, 11) is -3.67. The zero-order chi connectivity index (χ0) is 13.3. The highest BCUT2D eigenvalue weighted by Crippen LogP contribution is 2.25. The molecule has 2 atom stereocenters. The van der Waals surface area contributed by atoms with E-state index in [1.165, 1.54) is 12.1 Å². The molecule has 0 spiro atoms. The van der Waals surface area contributed by atoms with Crippen LogP contribution in [0, 0.1) is 0 Å². The van der Waals surface area contributed by atoms with E-state index >= 15 is 0 Å². The smallest absolute Gasteiger partial charge is 0.242 e. The van der Waals surface area contributed by atoms with Crippen molar-refractivity contribution in [3.63, 3.8) is 0 Å². The Bertz CT molecular complexity index is 547. The number of sulfonamides is 1. The van der Waals surface area contributed by atoms with Gasteiger partial charge in [-0.1, -0.05) is 11.6 Å². The standard InChI is InChI=1S/C11H15ClN2O3S/c1-7-10(4-5-17-7)14-18(15,16)11-6-8(13)2-3-9(11)12/h2-3,6-7,10,14H,4-5,13H2,1H3. The summed E-state index contributed by atoms with van der Waals surface area (Å²) in [6.45, 7) is 2.39. The van der Waals surface area contributed by atoms with Crippen LogP contribution in [0.5, 0.6) is 0 Å². The van der Waals surface area contributed by atoms with Crippen LogP contribution in [0.1, 0.15) is 13.3 Å². The zero-order valence-electron chi connectivity index (χ0n) is 9.89. The van der Waals surface area contributed by atoms with Crippen molar-refractivity contribution in [1.82, 2.24) is 4.72 Å². The molecule has 0 saturated carbocycles. The van der Waals surface area contributed by atoms with Crippen molar-refractivity contribution >= 4 is 27.3 Å². The van der Waals surface area contributed by atoms with E-state index in [2.05, 4.69) is 4.72 Å². The average Bonchev–Trinajstić information content (AvgIpc) is 2.67. The molecule has 0 aromatic heterocycles. The highest BCUT2D eigenvalue weighted by atomic mass is 35.5. The molecule has 1 fully saturated rings. The number of rotatable bonds is 3. The van der Waals surface area contributed by atoms with Gasteiger partial charge >= 0.3 is 0 Å². The predicted octanol–water partition coefficient (Wildman–Crippen LogP) is 1.38. The molecule has 0 amide bonds. The predicted molar refractivity (Wildman–Crippen MR) is 70.0 cm³/mol. The number of hydrogen-bond acceptors (Lipinski definition) is 4. The van der Waals surface area contributed by atoms with Gasteiger partial charge in [-0.05, 0) is 31.5 Å². The molecule has 0 bridgehead atoms. The maximum absolute atomic E-state index is 12.2. The lowest BCUT2D eigenvalue weighted by Gasteiger charge is -2.17. The van der Waals surface area contributed by atoms with Gasteiger partial charge in [-0.2, -0.15) is 0 Å². The minimum Gasteiger partial charge on any atom is -0.399 e. The Morgan fingerprint density at radius 2 is 2.22 bits per heavy atom. The maximum atomic E-state index is 12.2. The summed E-state index contributed by atoms with van der Waals surface area (Å²) >= 11 is 5.90. The summed E-state index contributed by atoms with van der Waals surface area (Å²) in [6.07, 6.45) is 0.514. The first-order valence-corrected chi connectivity index (χ1v) is 7.45. The molecule has 1 aromatic rings. The van der Waals surface area contributed by atoms with Crippen molar-refractivity contribution in [2.75, 3.05) is 12.3 Å². The SMILES string of the molecule is CC1OCCC1NS(=O)(=O)c1cc(N)ccc1Cl. The molecular formula is C11H15ClN2O3S. The number of nitrogens with one attached hydrogen (secondary N) is 1. The summed E-state index contributed by atoms with van der Waals surface area (Å²) in [5.74, 6) is 0. The van der Waals surface area contributed by atoms with Crippen LogP contribution in [0.2, 0.25) is 5.02 Å². The molecule has 0 aliphatic carbocycles. The van der Waals surface area contributed by atoms with Gasteiger partial charge < -0.3 is 10.5 Å². The Morgan fingerprint density at radius 1 is 1.50 bits per heavy atom. The molecule has 1 saturated heterocycles. The molecule has 3 N–H and O–H groups in total. The van der Waals surface area contributed by atoms with Crippen LogP contribution in [0.25, 0.3) is 0 Å². The highest BCUT2D eigenvalue weighted by molar-refractivity contribution is 7.89. The van der Waals surface area contributed by atoms with Crippen LogP contribution >= 0.6 is 11.6 Å². The fourth-order valence-corrected chi connectivity index (χ4v) is 3.75. The number of hydrogen-bond donors (Lipinski definition) is 2. The zero-order valence-corrected chi connectivity index (χ0v) is 11.5. The van der Waals surface area contributed by atoms with Crippen LogP contribution in [0.4, 0.5) is 5.69 Å². The van der Waals surface area contributed by atoms with Crippen molar-refractivity contribution in [3.8, 4) is 0 Å². The van der Waals surface area contributed by atoms with Crippen LogP contribution in [0.3, 0.4) is 0 Å². The van der Waals surface area contributed by atoms with Gasteiger partial charge in [-0.15, -0.1) is 0 Å². The third-order valence-corrected chi connectivity index (χ3v) is 4.90. The van der Waals surface area contributed by atoms with Gasteiger partial charge in [0, 0.05) is 12.3 Å². The number of nitrogen functional groups attached to an aromatic ring is 1. The van der Waals surface area contributed by atoms with Gasteiger partial charge in [0.2, 0.25) is 10.0 Å².